The number of benzene rings is 2. The standard InChI is InChI=1S/C26H32N2O5/c1-4-33-25(31)22(14-19-10-6-5-7-11-19)17-27(18(2)3)26(32)28-16-21-13-9-8-12-20(21)15-23(28)24(29)30/h5-13,18,22-23H,4,14-17H2,1-3H3,(H,29,30)/t22-,23-/m0/s1. The monoisotopic (exact) mass is 452 g/mol. The zero-order chi connectivity index (χ0) is 24.0. The number of urea groups is 1. The van der Waals surface area contributed by atoms with E-state index >= 15 is 0 Å². The predicted molar refractivity (Wildman–Crippen MR) is 125 cm³/mol. The highest BCUT2D eigenvalue weighted by molar-refractivity contribution is 5.84. The largest absolute Gasteiger partial charge is 0.480 e. The molecule has 0 bridgehead atoms. The number of carbonyl (C=O) groups excluding carboxylic acids is 2. The van der Waals surface area contributed by atoms with E-state index in [-0.39, 0.29) is 44.2 Å². The highest BCUT2D eigenvalue weighted by Crippen LogP contribution is 2.26. The van der Waals surface area contributed by atoms with Crippen LogP contribution in [-0.4, -0.2) is 58.1 Å². The Hall–Kier alpha value is -3.35. The first-order valence-corrected chi connectivity index (χ1v) is 11.4. The Balaban J connectivity index is 1.86. The van der Waals surface area contributed by atoms with Crippen LogP contribution < -0.4 is 0 Å². The molecule has 3 rings (SSSR count). The smallest absolute Gasteiger partial charge is 0.326 e. The Morgan fingerprint density at radius 1 is 1.06 bits per heavy atom. The fourth-order valence-corrected chi connectivity index (χ4v) is 4.24. The van der Waals surface area contributed by atoms with Crippen LogP contribution in [0.25, 0.3) is 0 Å². The van der Waals surface area contributed by atoms with Crippen LogP contribution >= 0.6 is 0 Å². The van der Waals surface area contributed by atoms with Gasteiger partial charge in [0.25, 0.3) is 0 Å². The maximum atomic E-state index is 13.7. The van der Waals surface area contributed by atoms with Crippen molar-refractivity contribution in [2.45, 2.75) is 52.2 Å². The molecule has 7 nitrogen and oxygen atoms in total. The molecule has 0 radical (unpaired) electrons. The molecule has 1 aliphatic rings. The van der Waals surface area contributed by atoms with E-state index in [1.807, 2.05) is 68.4 Å². The second-order valence-electron chi connectivity index (χ2n) is 8.62. The summed E-state index contributed by atoms with van der Waals surface area (Å²) in [4.78, 5) is 41.5. The Labute approximate surface area is 195 Å². The Morgan fingerprint density at radius 3 is 2.30 bits per heavy atom. The number of nitrogens with zero attached hydrogens (tertiary/aromatic N) is 2. The molecule has 33 heavy (non-hydrogen) atoms. The number of esters is 1. The molecule has 0 unspecified atom stereocenters. The van der Waals surface area contributed by atoms with Gasteiger partial charge in [-0.25, -0.2) is 9.59 Å². The lowest BCUT2D eigenvalue weighted by Crippen LogP contribution is -2.56. The maximum absolute atomic E-state index is 13.7. The fourth-order valence-electron chi connectivity index (χ4n) is 4.24. The van der Waals surface area contributed by atoms with Gasteiger partial charge < -0.3 is 19.6 Å². The third-order valence-corrected chi connectivity index (χ3v) is 6.01. The minimum Gasteiger partial charge on any atom is -0.480 e. The molecule has 0 saturated heterocycles. The maximum Gasteiger partial charge on any atom is 0.326 e. The van der Waals surface area contributed by atoms with E-state index in [1.165, 1.54) is 4.90 Å². The average molecular weight is 453 g/mol. The number of carboxylic acids is 1. The summed E-state index contributed by atoms with van der Waals surface area (Å²) in [6.07, 6.45) is 0.690. The zero-order valence-electron chi connectivity index (χ0n) is 19.4. The number of hydrogen-bond acceptors (Lipinski definition) is 4. The van der Waals surface area contributed by atoms with Gasteiger partial charge in [-0.2, -0.15) is 0 Å². The van der Waals surface area contributed by atoms with Crippen molar-refractivity contribution in [1.29, 1.82) is 0 Å². The lowest BCUT2D eigenvalue weighted by Gasteiger charge is -2.40. The molecule has 2 aromatic carbocycles. The molecule has 0 fully saturated rings. The Morgan fingerprint density at radius 2 is 1.70 bits per heavy atom. The molecule has 1 N–H and O–H groups in total. The van der Waals surface area contributed by atoms with E-state index in [4.69, 9.17) is 4.74 Å². The van der Waals surface area contributed by atoms with Crippen LogP contribution in [0.1, 0.15) is 37.5 Å². The molecule has 0 aromatic heterocycles. The minimum atomic E-state index is -1.03. The van der Waals surface area contributed by atoms with Crippen LogP contribution in [0.15, 0.2) is 54.6 Å². The number of carboxylic acid groups (broad SMARTS) is 1. The minimum absolute atomic E-state index is 0.148. The number of rotatable bonds is 8. The molecule has 0 saturated carbocycles. The second kappa shape index (κ2) is 11.0. The van der Waals surface area contributed by atoms with Crippen LogP contribution in [0.5, 0.6) is 0 Å². The summed E-state index contributed by atoms with van der Waals surface area (Å²) < 4.78 is 5.30. The number of carbonyl (C=O) groups is 3. The van der Waals surface area contributed by atoms with Gasteiger partial charge in [-0.05, 0) is 43.9 Å². The first-order chi connectivity index (χ1) is 15.8. The average Bonchev–Trinajstić information content (AvgIpc) is 2.81. The lowest BCUT2D eigenvalue weighted by atomic mass is 9.94. The van der Waals surface area contributed by atoms with E-state index < -0.39 is 17.9 Å². The van der Waals surface area contributed by atoms with Gasteiger partial charge in [-0.3, -0.25) is 4.79 Å². The number of aliphatic carboxylic acids is 1. The van der Waals surface area contributed by atoms with Gasteiger partial charge in [0.05, 0.1) is 12.5 Å². The molecule has 1 aliphatic heterocycles. The summed E-state index contributed by atoms with van der Waals surface area (Å²) in [5.74, 6) is -1.95. The molecule has 0 aliphatic carbocycles. The van der Waals surface area contributed by atoms with Gasteiger partial charge in [-0.1, -0.05) is 54.6 Å². The quantitative estimate of drug-likeness (QED) is 0.617. The SMILES string of the molecule is CCOC(=O)[C@@H](Cc1ccccc1)CN(C(=O)N1Cc2ccccc2C[C@H]1C(=O)O)C(C)C. The first-order valence-electron chi connectivity index (χ1n) is 11.4. The molecule has 2 amide bonds. The molecule has 7 heteroatoms. The molecule has 1 heterocycles. The first kappa shape index (κ1) is 24.3. The molecule has 2 aromatic rings. The van der Waals surface area contributed by atoms with E-state index in [0.717, 1.165) is 16.7 Å². The molecular weight excluding hydrogens is 420 g/mol. The van der Waals surface area contributed by atoms with Crippen molar-refractivity contribution in [3.63, 3.8) is 0 Å². The van der Waals surface area contributed by atoms with Gasteiger partial charge in [0, 0.05) is 25.6 Å². The number of ether oxygens (including phenoxy) is 1. The Kier molecular flexibility index (Phi) is 8.09. The Bertz CT molecular complexity index is 976. The van der Waals surface area contributed by atoms with Crippen molar-refractivity contribution in [2.24, 2.45) is 5.92 Å². The van der Waals surface area contributed by atoms with Crippen molar-refractivity contribution >= 4 is 18.0 Å². The van der Waals surface area contributed by atoms with Gasteiger partial charge in [0.15, 0.2) is 0 Å². The summed E-state index contributed by atoms with van der Waals surface area (Å²) in [7, 11) is 0. The van der Waals surface area contributed by atoms with E-state index in [9.17, 15) is 19.5 Å². The van der Waals surface area contributed by atoms with E-state index in [2.05, 4.69) is 0 Å². The summed E-state index contributed by atoms with van der Waals surface area (Å²) in [6.45, 7) is 6.12. The van der Waals surface area contributed by atoms with Crippen LogP contribution in [0, 0.1) is 5.92 Å². The van der Waals surface area contributed by atoms with Crippen molar-refractivity contribution in [2.75, 3.05) is 13.2 Å². The number of hydrogen-bond donors (Lipinski definition) is 1. The molecule has 176 valence electrons. The van der Waals surface area contributed by atoms with Crippen molar-refractivity contribution in [1.82, 2.24) is 9.80 Å². The van der Waals surface area contributed by atoms with Gasteiger partial charge >= 0.3 is 18.0 Å². The fraction of sp³-hybridized carbons (Fsp3) is 0.423. The third kappa shape index (κ3) is 5.92. The molecule has 2 atom stereocenters. The van der Waals surface area contributed by atoms with Crippen LogP contribution in [-0.2, 0) is 33.7 Å². The van der Waals surface area contributed by atoms with E-state index in [1.54, 1.807) is 11.8 Å². The van der Waals surface area contributed by atoms with Crippen molar-refractivity contribution in [3.8, 4) is 0 Å². The second-order valence-corrected chi connectivity index (χ2v) is 8.62. The lowest BCUT2D eigenvalue weighted by molar-refractivity contribution is -0.149. The molecule has 0 spiro atoms. The third-order valence-electron chi connectivity index (χ3n) is 6.01. The highest BCUT2D eigenvalue weighted by Gasteiger charge is 2.38. The van der Waals surface area contributed by atoms with Crippen LogP contribution in [0.2, 0.25) is 0 Å². The number of amides is 2. The summed E-state index contributed by atoms with van der Waals surface area (Å²) >= 11 is 0. The summed E-state index contributed by atoms with van der Waals surface area (Å²) in [5.41, 5.74) is 2.86. The van der Waals surface area contributed by atoms with Crippen molar-refractivity contribution < 1.29 is 24.2 Å². The van der Waals surface area contributed by atoms with Crippen LogP contribution in [0.3, 0.4) is 0 Å². The summed E-state index contributed by atoms with van der Waals surface area (Å²) in [6, 6.07) is 15.6. The topological polar surface area (TPSA) is 87.2 Å². The van der Waals surface area contributed by atoms with Gasteiger partial charge in [0.1, 0.15) is 6.04 Å². The van der Waals surface area contributed by atoms with Crippen LogP contribution in [0.4, 0.5) is 4.79 Å². The number of fused-ring (bicyclic) bond motifs is 1. The predicted octanol–water partition coefficient (Wildman–Crippen LogP) is 3.75. The van der Waals surface area contributed by atoms with Crippen molar-refractivity contribution in [3.05, 3.63) is 71.3 Å². The zero-order valence-corrected chi connectivity index (χ0v) is 19.4. The van der Waals surface area contributed by atoms with Gasteiger partial charge in [-0.15, -0.1) is 0 Å². The highest BCUT2D eigenvalue weighted by atomic mass is 16.5. The normalized spacial score (nSPS) is 16.1. The summed E-state index contributed by atoms with van der Waals surface area (Å²) in [5, 5.41) is 9.85. The molecular formula is C26H32N2O5. The van der Waals surface area contributed by atoms with Gasteiger partial charge in [0.2, 0.25) is 0 Å². The van der Waals surface area contributed by atoms with E-state index in [0.29, 0.717) is 6.42 Å².